The molecule has 3 N–H and O–H groups in total. The van der Waals surface area contributed by atoms with Crippen LogP contribution < -0.4 is 11.1 Å². The molecule has 1 amide bonds. The van der Waals surface area contributed by atoms with Gasteiger partial charge in [-0.05, 0) is 18.1 Å². The summed E-state index contributed by atoms with van der Waals surface area (Å²) in [6.07, 6.45) is 1.92. The molecule has 0 aliphatic heterocycles. The molecule has 5 nitrogen and oxygen atoms in total. The molecule has 1 heterocycles. The fourth-order valence-electron chi connectivity index (χ4n) is 1.56. The number of nitrogens with one attached hydrogen (secondary N) is 1. The van der Waals surface area contributed by atoms with Crippen molar-refractivity contribution in [3.63, 3.8) is 0 Å². The van der Waals surface area contributed by atoms with Gasteiger partial charge in [-0.15, -0.1) is 0 Å². The van der Waals surface area contributed by atoms with Crippen molar-refractivity contribution in [2.75, 3.05) is 5.32 Å². The van der Waals surface area contributed by atoms with Crippen LogP contribution in [0.3, 0.4) is 0 Å². The molecule has 2 aromatic rings. The normalized spacial score (nSPS) is 11.9. The van der Waals surface area contributed by atoms with Gasteiger partial charge in [0, 0.05) is 6.20 Å². The van der Waals surface area contributed by atoms with Crippen LogP contribution in [0.4, 0.5) is 5.95 Å². The highest BCUT2D eigenvalue weighted by atomic mass is 35.5. The van der Waals surface area contributed by atoms with Gasteiger partial charge in [0.05, 0.1) is 6.04 Å². The first kappa shape index (κ1) is 13.5. The highest BCUT2D eigenvalue weighted by Crippen LogP contribution is 2.07. The minimum Gasteiger partial charge on any atom is -0.320 e. The topological polar surface area (TPSA) is 80.9 Å². The number of carbonyl (C=O) groups excluding carboxylic acids is 1. The largest absolute Gasteiger partial charge is 0.320 e. The standard InChI is InChI=1S/C13H13ClN4O/c14-11-6-7-16-13(17-11)18-12(19)10(15)8-9-4-2-1-3-5-9/h1-7,10H,8,15H2,(H,16,17,18,19). The van der Waals surface area contributed by atoms with E-state index in [1.165, 1.54) is 12.3 Å². The molecule has 1 atom stereocenters. The lowest BCUT2D eigenvalue weighted by molar-refractivity contribution is -0.117. The Kier molecular flexibility index (Phi) is 4.43. The number of halogens is 1. The number of amides is 1. The molecule has 1 aromatic heterocycles. The Morgan fingerprint density at radius 1 is 1.32 bits per heavy atom. The molecule has 1 unspecified atom stereocenters. The van der Waals surface area contributed by atoms with Crippen LogP contribution in [-0.4, -0.2) is 21.9 Å². The number of nitrogens with zero attached hydrogens (tertiary/aromatic N) is 2. The lowest BCUT2D eigenvalue weighted by Crippen LogP contribution is -2.37. The maximum absolute atomic E-state index is 11.9. The van der Waals surface area contributed by atoms with Gasteiger partial charge in [-0.3, -0.25) is 10.1 Å². The molecule has 6 heteroatoms. The van der Waals surface area contributed by atoms with E-state index in [1.54, 1.807) is 0 Å². The van der Waals surface area contributed by atoms with E-state index < -0.39 is 6.04 Å². The van der Waals surface area contributed by atoms with Crippen LogP contribution in [0, 0.1) is 0 Å². The maximum atomic E-state index is 11.9. The first-order chi connectivity index (χ1) is 9.15. The Hall–Kier alpha value is -1.98. The summed E-state index contributed by atoms with van der Waals surface area (Å²) in [5, 5.41) is 2.80. The SMILES string of the molecule is NC(Cc1ccccc1)C(=O)Nc1nccc(Cl)n1. The van der Waals surface area contributed by atoms with Gasteiger partial charge < -0.3 is 5.73 Å². The molecule has 0 bridgehead atoms. The van der Waals surface area contributed by atoms with Crippen LogP contribution in [-0.2, 0) is 11.2 Å². The second-order valence-electron chi connectivity index (χ2n) is 3.99. The van der Waals surface area contributed by atoms with Crippen LogP contribution in [0.5, 0.6) is 0 Å². The number of rotatable bonds is 4. The quantitative estimate of drug-likeness (QED) is 0.832. The van der Waals surface area contributed by atoms with Crippen LogP contribution >= 0.6 is 11.6 Å². The molecule has 98 valence electrons. The van der Waals surface area contributed by atoms with Crippen LogP contribution in [0.15, 0.2) is 42.6 Å². The summed E-state index contributed by atoms with van der Waals surface area (Å²) in [6.45, 7) is 0. The number of anilines is 1. The van der Waals surface area contributed by atoms with Gasteiger partial charge in [-0.25, -0.2) is 9.97 Å². The summed E-state index contributed by atoms with van der Waals surface area (Å²) in [5.41, 5.74) is 6.83. The van der Waals surface area contributed by atoms with Gasteiger partial charge in [0.1, 0.15) is 5.15 Å². The summed E-state index contributed by atoms with van der Waals surface area (Å²) < 4.78 is 0. The molecule has 0 saturated heterocycles. The number of benzene rings is 1. The molecule has 0 aliphatic rings. The molecule has 0 saturated carbocycles. The number of aromatic nitrogens is 2. The summed E-state index contributed by atoms with van der Waals surface area (Å²) >= 11 is 5.70. The number of carbonyl (C=O) groups is 1. The van der Waals surface area contributed by atoms with Gasteiger partial charge in [0.2, 0.25) is 11.9 Å². The Morgan fingerprint density at radius 2 is 2.05 bits per heavy atom. The van der Waals surface area contributed by atoms with Gasteiger partial charge in [-0.1, -0.05) is 41.9 Å². The minimum atomic E-state index is -0.662. The van der Waals surface area contributed by atoms with Gasteiger partial charge >= 0.3 is 0 Å². The second kappa shape index (κ2) is 6.26. The van der Waals surface area contributed by atoms with Crippen molar-refractivity contribution < 1.29 is 4.79 Å². The summed E-state index contributed by atoms with van der Waals surface area (Å²) in [5.74, 6) is -0.188. The van der Waals surface area contributed by atoms with Gasteiger partial charge in [0.25, 0.3) is 0 Å². The van der Waals surface area contributed by atoms with Crippen LogP contribution in [0.25, 0.3) is 0 Å². The van der Waals surface area contributed by atoms with Crippen LogP contribution in [0.2, 0.25) is 5.15 Å². The number of nitrogens with two attached hydrogens (primary N) is 1. The average molecular weight is 277 g/mol. The van der Waals surface area contributed by atoms with Crippen molar-refractivity contribution in [2.24, 2.45) is 5.73 Å². The first-order valence-electron chi connectivity index (χ1n) is 5.74. The molecule has 0 spiro atoms. The molecular weight excluding hydrogens is 264 g/mol. The predicted molar refractivity (Wildman–Crippen MR) is 73.8 cm³/mol. The number of hydrogen-bond donors (Lipinski definition) is 2. The van der Waals surface area contributed by atoms with Crippen molar-refractivity contribution in [1.82, 2.24) is 9.97 Å². The fourth-order valence-corrected chi connectivity index (χ4v) is 1.70. The molecule has 0 aliphatic carbocycles. The number of hydrogen-bond acceptors (Lipinski definition) is 4. The molecular formula is C13H13ClN4O. The van der Waals surface area contributed by atoms with Gasteiger partial charge in [0.15, 0.2) is 0 Å². The average Bonchev–Trinajstić information content (AvgIpc) is 2.40. The van der Waals surface area contributed by atoms with E-state index in [0.29, 0.717) is 6.42 Å². The lowest BCUT2D eigenvalue weighted by atomic mass is 10.1. The van der Waals surface area contributed by atoms with E-state index in [-0.39, 0.29) is 17.0 Å². The van der Waals surface area contributed by atoms with E-state index in [2.05, 4.69) is 15.3 Å². The maximum Gasteiger partial charge on any atom is 0.243 e. The summed E-state index contributed by atoms with van der Waals surface area (Å²) in [4.78, 5) is 19.6. The van der Waals surface area contributed by atoms with Crippen molar-refractivity contribution in [3.05, 3.63) is 53.3 Å². The fraction of sp³-hybridized carbons (Fsp3) is 0.154. The molecule has 19 heavy (non-hydrogen) atoms. The Balaban J connectivity index is 1.96. The zero-order valence-corrected chi connectivity index (χ0v) is 10.8. The third-order valence-corrected chi connectivity index (χ3v) is 2.70. The molecule has 0 radical (unpaired) electrons. The minimum absolute atomic E-state index is 0.154. The lowest BCUT2D eigenvalue weighted by Gasteiger charge is -2.11. The Morgan fingerprint density at radius 3 is 2.74 bits per heavy atom. The van der Waals surface area contributed by atoms with E-state index >= 15 is 0 Å². The monoisotopic (exact) mass is 276 g/mol. The van der Waals surface area contributed by atoms with E-state index in [0.717, 1.165) is 5.56 Å². The third kappa shape index (κ3) is 4.01. The van der Waals surface area contributed by atoms with E-state index in [9.17, 15) is 4.79 Å². The highest BCUT2D eigenvalue weighted by molar-refractivity contribution is 6.29. The van der Waals surface area contributed by atoms with Crippen LogP contribution in [0.1, 0.15) is 5.56 Å². The predicted octanol–water partition coefficient (Wildman–Crippen LogP) is 1.64. The third-order valence-electron chi connectivity index (χ3n) is 2.49. The zero-order chi connectivity index (χ0) is 13.7. The van der Waals surface area contributed by atoms with Gasteiger partial charge in [-0.2, -0.15) is 0 Å². The van der Waals surface area contributed by atoms with E-state index in [4.69, 9.17) is 17.3 Å². The van der Waals surface area contributed by atoms with E-state index in [1.807, 2.05) is 30.3 Å². The Bertz CT molecular complexity index is 562. The highest BCUT2D eigenvalue weighted by Gasteiger charge is 2.15. The molecule has 0 fully saturated rings. The summed E-state index contributed by atoms with van der Waals surface area (Å²) in [7, 11) is 0. The zero-order valence-electron chi connectivity index (χ0n) is 10.1. The van der Waals surface area contributed by atoms with Crippen molar-refractivity contribution in [1.29, 1.82) is 0 Å². The van der Waals surface area contributed by atoms with Crippen molar-refractivity contribution >= 4 is 23.5 Å². The smallest absolute Gasteiger partial charge is 0.243 e. The van der Waals surface area contributed by atoms with Crippen molar-refractivity contribution in [3.8, 4) is 0 Å². The molecule has 1 aromatic carbocycles. The Labute approximate surface area is 115 Å². The summed E-state index contributed by atoms with van der Waals surface area (Å²) in [6, 6.07) is 10.4. The van der Waals surface area contributed by atoms with Crippen molar-refractivity contribution in [2.45, 2.75) is 12.5 Å². The first-order valence-corrected chi connectivity index (χ1v) is 6.12. The molecule has 2 rings (SSSR count). The second-order valence-corrected chi connectivity index (χ2v) is 4.38.